The predicted molar refractivity (Wildman–Crippen MR) is 209 cm³/mol. The Morgan fingerprint density at radius 2 is 1.36 bits per heavy atom. The van der Waals surface area contributed by atoms with Crippen LogP contribution in [0.2, 0.25) is 0 Å². The fraction of sp³-hybridized carbons (Fsp3) is 0.568. The monoisotopic (exact) mass is 822 g/mol. The number of nitrogens with one attached hydrogen (secondary N) is 5. The van der Waals surface area contributed by atoms with Crippen LogP contribution >= 0.6 is 0 Å². The molecule has 0 aliphatic carbocycles. The fourth-order valence-corrected chi connectivity index (χ4v) is 5.55. The number of aliphatic carboxylic acids is 1. The molecule has 3 atom stereocenters. The molecule has 0 aliphatic rings. The molecule has 20 nitrogen and oxygen atoms in total. The minimum Gasteiger partial charge on any atom is -0.494 e. The van der Waals surface area contributed by atoms with Crippen LogP contribution in [0.1, 0.15) is 50.5 Å². The number of unbranched alkanes of at least 4 members (excludes halogenated alkanes) is 2. The number of hydrogen-bond acceptors (Lipinski definition) is 13. The van der Waals surface area contributed by atoms with E-state index in [1.807, 2.05) is 0 Å². The molecule has 1 heterocycles. The first kappa shape index (κ1) is 48.6. The van der Waals surface area contributed by atoms with Crippen molar-refractivity contribution in [2.24, 2.45) is 11.5 Å². The van der Waals surface area contributed by atoms with Gasteiger partial charge < -0.3 is 58.1 Å². The summed E-state index contributed by atoms with van der Waals surface area (Å²) in [5.74, 6) is -5.51. The van der Waals surface area contributed by atoms with E-state index in [9.17, 15) is 48.5 Å². The third kappa shape index (κ3) is 18.2. The van der Waals surface area contributed by atoms with Crippen LogP contribution in [0.5, 0.6) is 11.8 Å². The highest BCUT2D eigenvalue weighted by atomic mass is 18.2. The second kappa shape index (κ2) is 27.2. The third-order valence-corrected chi connectivity index (χ3v) is 8.62. The van der Waals surface area contributed by atoms with Crippen LogP contribution in [0, 0.1) is 0 Å². The number of halogens is 1. The average molecular weight is 823 g/mol. The van der Waals surface area contributed by atoms with Gasteiger partial charge in [-0.25, -0.2) is 9.18 Å². The van der Waals surface area contributed by atoms with E-state index >= 15 is 0 Å². The summed E-state index contributed by atoms with van der Waals surface area (Å²) < 4.78 is 18.3. The summed E-state index contributed by atoms with van der Waals surface area (Å²) in [5.41, 5.74) is 11.8. The second-order valence-electron chi connectivity index (χ2n) is 13.1. The lowest BCUT2D eigenvalue weighted by molar-refractivity contribution is -0.142. The quantitative estimate of drug-likeness (QED) is 0.0331. The molecule has 12 N–H and O–H groups in total. The third-order valence-electron chi connectivity index (χ3n) is 8.62. The van der Waals surface area contributed by atoms with E-state index < -0.39 is 79.3 Å². The number of aromatic hydroxyl groups is 2. The number of anilines is 1. The van der Waals surface area contributed by atoms with E-state index in [1.165, 1.54) is 18.2 Å². The van der Waals surface area contributed by atoms with E-state index in [2.05, 4.69) is 26.6 Å². The Bertz CT molecular complexity index is 1600. The van der Waals surface area contributed by atoms with Gasteiger partial charge in [-0.1, -0.05) is 30.3 Å². The number of carbonyl (C=O) groups excluding carboxylic acids is 5. The van der Waals surface area contributed by atoms with Crippen LogP contribution in [-0.4, -0.2) is 133 Å². The maximum atomic E-state index is 13.2. The zero-order valence-electron chi connectivity index (χ0n) is 32.8. The van der Waals surface area contributed by atoms with E-state index in [4.69, 9.17) is 21.0 Å². The first-order valence-corrected chi connectivity index (χ1v) is 19.0. The van der Waals surface area contributed by atoms with Gasteiger partial charge >= 0.3 is 5.97 Å². The lowest BCUT2D eigenvalue weighted by Crippen LogP contribution is -2.54. The number of hydrogen-bond donors (Lipinski definition) is 10. The number of alkyl halides is 1. The SMILES string of the molecule is CN(OCCOCC[18F])c1cc(O)n(CCC(=O)N[C@@H](CCCCN)C(=O)NCC(=O)N[C@@H](Cc2ccccc2)C(=O)NCC(=O)N[C@@H](CCCCN)C(=O)O)c1O. The second-order valence-corrected chi connectivity index (χ2v) is 13.1. The average Bonchev–Trinajstić information content (AvgIpc) is 3.49. The molecule has 0 fully saturated rings. The molecule has 0 spiro atoms. The van der Waals surface area contributed by atoms with Crippen molar-refractivity contribution in [3.05, 3.63) is 42.0 Å². The van der Waals surface area contributed by atoms with Crippen molar-refractivity contribution in [2.45, 2.75) is 76.0 Å². The molecule has 0 unspecified atom stereocenters. The number of aromatic nitrogens is 1. The number of nitrogens with two attached hydrogens (primary N) is 2. The molecule has 58 heavy (non-hydrogen) atoms. The number of benzene rings is 1. The number of carbonyl (C=O) groups is 6. The maximum Gasteiger partial charge on any atom is 0.326 e. The molecule has 5 amide bonds. The van der Waals surface area contributed by atoms with Gasteiger partial charge in [0.15, 0.2) is 5.88 Å². The van der Waals surface area contributed by atoms with E-state index in [0.29, 0.717) is 44.3 Å². The van der Waals surface area contributed by atoms with Crippen LogP contribution in [0.3, 0.4) is 0 Å². The maximum absolute atomic E-state index is 13.2. The van der Waals surface area contributed by atoms with Gasteiger partial charge in [0.05, 0.1) is 32.9 Å². The van der Waals surface area contributed by atoms with Gasteiger partial charge in [0, 0.05) is 32.5 Å². The lowest BCUT2D eigenvalue weighted by Gasteiger charge is -2.21. The molecule has 324 valence electrons. The van der Waals surface area contributed by atoms with Gasteiger partial charge in [-0.3, -0.25) is 38.4 Å². The summed E-state index contributed by atoms with van der Waals surface area (Å²) in [4.78, 5) is 82.0. The molecule has 1 aromatic heterocycles. The molecule has 0 radical (unpaired) electrons. The summed E-state index contributed by atoms with van der Waals surface area (Å²) in [5, 5.41) is 44.1. The first-order valence-electron chi connectivity index (χ1n) is 19.0. The summed E-state index contributed by atoms with van der Waals surface area (Å²) in [7, 11) is 1.47. The Morgan fingerprint density at radius 3 is 1.95 bits per heavy atom. The highest BCUT2D eigenvalue weighted by Crippen LogP contribution is 2.35. The van der Waals surface area contributed by atoms with Crippen molar-refractivity contribution in [2.75, 3.05) is 64.8 Å². The Hall–Kier alpha value is -5.51. The van der Waals surface area contributed by atoms with Crippen molar-refractivity contribution >= 4 is 41.2 Å². The minimum absolute atomic E-state index is 0.0243. The fourth-order valence-electron chi connectivity index (χ4n) is 5.55. The predicted octanol–water partition coefficient (Wildman–Crippen LogP) is -1.08. The highest BCUT2D eigenvalue weighted by molar-refractivity contribution is 5.94. The van der Waals surface area contributed by atoms with E-state index in [1.54, 1.807) is 30.3 Å². The number of ether oxygens (including phenoxy) is 1. The lowest BCUT2D eigenvalue weighted by atomic mass is 10.1. The number of rotatable bonds is 30. The molecule has 2 aromatic rings. The normalized spacial score (nSPS) is 12.5. The molecule has 0 bridgehead atoms. The molecule has 2 rings (SSSR count). The molecule has 0 saturated heterocycles. The van der Waals surface area contributed by atoms with Crippen molar-refractivity contribution in [1.29, 1.82) is 0 Å². The standard InChI is InChI=1S/C37H58FN9O11/c1-46(58-20-19-57-18-14-38)29-22-33(51)47(36(29)54)17-13-30(48)43-26(11-5-7-15-39)34(52)41-24-32(50)45-28(21-25-9-3-2-4-10-25)35(53)42-23-31(49)44-27(37(55)56)12-6-8-16-40/h2-4,9-10,22,26-28,51,54H,5-8,11-21,23-24,39-40H2,1H3,(H,41,52)(H,42,53)(H,43,48)(H,44,49)(H,45,50)(H,55,56)/t26-,27-,28-/m0/s1/i38-1. The molecular weight excluding hydrogens is 764 g/mol. The molecule has 21 heteroatoms. The van der Waals surface area contributed by atoms with Gasteiger partial charge in [-0.2, -0.15) is 0 Å². The smallest absolute Gasteiger partial charge is 0.326 e. The van der Waals surface area contributed by atoms with Crippen LogP contribution < -0.4 is 43.1 Å². The number of amides is 5. The first-order chi connectivity index (χ1) is 27.8. The number of carboxylic acids is 1. The molecule has 1 aromatic carbocycles. The van der Waals surface area contributed by atoms with Crippen molar-refractivity contribution in [3.63, 3.8) is 0 Å². The summed E-state index contributed by atoms with van der Waals surface area (Å²) in [6.45, 7) is -1.20. The van der Waals surface area contributed by atoms with Crippen LogP contribution in [-0.2, 0) is 51.3 Å². The van der Waals surface area contributed by atoms with Gasteiger partial charge in [-0.05, 0) is 57.2 Å². The number of carboxylic acid groups (broad SMARTS) is 1. The van der Waals surface area contributed by atoms with E-state index in [-0.39, 0.29) is 63.6 Å². The van der Waals surface area contributed by atoms with Crippen molar-refractivity contribution < 1.29 is 58.1 Å². The molecule has 0 aliphatic heterocycles. The molecule has 0 saturated carbocycles. The van der Waals surface area contributed by atoms with Crippen molar-refractivity contribution in [3.8, 4) is 11.8 Å². The minimum atomic E-state index is -1.23. The largest absolute Gasteiger partial charge is 0.494 e. The van der Waals surface area contributed by atoms with Crippen LogP contribution in [0.15, 0.2) is 36.4 Å². The number of hydroxylamine groups is 1. The van der Waals surface area contributed by atoms with Gasteiger partial charge in [0.1, 0.15) is 30.5 Å². The van der Waals surface area contributed by atoms with Gasteiger partial charge in [0.25, 0.3) is 0 Å². The Morgan fingerprint density at radius 1 is 0.793 bits per heavy atom. The zero-order valence-corrected chi connectivity index (χ0v) is 32.8. The summed E-state index contributed by atoms with van der Waals surface area (Å²) in [6.07, 6.45) is 2.15. The van der Waals surface area contributed by atoms with E-state index in [0.717, 1.165) is 4.57 Å². The highest BCUT2D eigenvalue weighted by Gasteiger charge is 2.26. The Labute approximate surface area is 336 Å². The van der Waals surface area contributed by atoms with Crippen LogP contribution in [0.4, 0.5) is 10.1 Å². The van der Waals surface area contributed by atoms with Crippen LogP contribution in [0.25, 0.3) is 0 Å². The van der Waals surface area contributed by atoms with Crippen molar-refractivity contribution in [1.82, 2.24) is 31.2 Å². The van der Waals surface area contributed by atoms with Gasteiger partial charge in [-0.15, -0.1) is 0 Å². The Balaban J connectivity index is 2.01. The van der Waals surface area contributed by atoms with Gasteiger partial charge in [0.2, 0.25) is 35.4 Å². The number of nitrogens with zero attached hydrogens (tertiary/aromatic N) is 2. The zero-order chi connectivity index (χ0) is 42.9. The molecular formula is C37H58FN9O11. The topological polar surface area (TPSA) is 302 Å². The summed E-state index contributed by atoms with van der Waals surface area (Å²) in [6, 6.07) is 6.49. The Kier molecular flexibility index (Phi) is 22.8. The summed E-state index contributed by atoms with van der Waals surface area (Å²) >= 11 is 0.